The average Bonchev–Trinajstić information content (AvgIpc) is 3.17. The van der Waals surface area contributed by atoms with Gasteiger partial charge in [-0.15, -0.1) is 0 Å². The molecule has 35 heavy (non-hydrogen) atoms. The van der Waals surface area contributed by atoms with Gasteiger partial charge in [-0.25, -0.2) is 18.4 Å². The lowest BCUT2D eigenvalue weighted by Gasteiger charge is -2.25. The van der Waals surface area contributed by atoms with Crippen molar-refractivity contribution in [2.75, 3.05) is 18.1 Å². The standard InChI is InChI=1S/C21H21ClF3N4O5S/c1-20(4-6-35(31,32)7-5-20)29(30)11-15-10-28-12-16(2-3-18(28)27-15)34-19-17(8-14(22)9-26-19)33-13-21(23,24)25/h2-3,8-10,12H,4-7,11,13H2,1H3/q+1. The lowest BCUT2D eigenvalue weighted by Crippen LogP contribution is -2.44. The molecule has 0 aromatic carbocycles. The second-order valence-electron chi connectivity index (χ2n) is 8.51. The molecule has 1 saturated heterocycles. The lowest BCUT2D eigenvalue weighted by atomic mass is 9.94. The molecule has 9 nitrogen and oxygen atoms in total. The van der Waals surface area contributed by atoms with Gasteiger partial charge < -0.3 is 13.9 Å². The number of hydrogen-bond acceptors (Lipinski definition) is 7. The molecule has 0 saturated carbocycles. The molecule has 188 valence electrons. The van der Waals surface area contributed by atoms with E-state index in [2.05, 4.69) is 9.97 Å². The normalized spacial score (nSPS) is 17.3. The Morgan fingerprint density at radius 3 is 2.63 bits per heavy atom. The number of fused-ring (bicyclic) bond motifs is 1. The predicted molar refractivity (Wildman–Crippen MR) is 120 cm³/mol. The van der Waals surface area contributed by atoms with Gasteiger partial charge in [0.25, 0.3) is 5.88 Å². The molecule has 0 aliphatic carbocycles. The summed E-state index contributed by atoms with van der Waals surface area (Å²) in [6, 6.07) is 4.32. The van der Waals surface area contributed by atoms with Crippen molar-refractivity contribution in [3.8, 4) is 17.4 Å². The van der Waals surface area contributed by atoms with Crippen LogP contribution in [0.3, 0.4) is 0 Å². The van der Waals surface area contributed by atoms with E-state index in [0.717, 1.165) is 4.76 Å². The van der Waals surface area contributed by atoms with E-state index in [-0.39, 0.29) is 53.3 Å². The summed E-state index contributed by atoms with van der Waals surface area (Å²) in [6.07, 6.45) is 0.301. The number of rotatable bonds is 7. The summed E-state index contributed by atoms with van der Waals surface area (Å²) in [5, 5.41) is 0.0793. The quantitative estimate of drug-likeness (QED) is 0.416. The van der Waals surface area contributed by atoms with Crippen molar-refractivity contribution in [2.24, 2.45) is 0 Å². The number of halogens is 4. The molecule has 0 radical (unpaired) electrons. The van der Waals surface area contributed by atoms with E-state index in [1.54, 1.807) is 23.6 Å². The highest BCUT2D eigenvalue weighted by molar-refractivity contribution is 7.91. The smallest absolute Gasteiger partial charge is 0.422 e. The first-order chi connectivity index (χ1) is 16.3. The Morgan fingerprint density at radius 2 is 1.94 bits per heavy atom. The van der Waals surface area contributed by atoms with Gasteiger partial charge in [-0.2, -0.15) is 13.2 Å². The van der Waals surface area contributed by atoms with E-state index in [0.29, 0.717) is 11.3 Å². The summed E-state index contributed by atoms with van der Waals surface area (Å²) >= 11 is 5.82. The van der Waals surface area contributed by atoms with Gasteiger partial charge in [0.15, 0.2) is 22.2 Å². The zero-order valence-electron chi connectivity index (χ0n) is 18.5. The summed E-state index contributed by atoms with van der Waals surface area (Å²) in [5.41, 5.74) is 0.169. The molecule has 3 aromatic heterocycles. The number of nitroso groups, excluding NO2 is 1. The van der Waals surface area contributed by atoms with Gasteiger partial charge in [0, 0.05) is 47.9 Å². The number of imidazole rings is 1. The first kappa shape index (κ1) is 25.2. The van der Waals surface area contributed by atoms with Crippen molar-refractivity contribution < 1.29 is 35.8 Å². The summed E-state index contributed by atoms with van der Waals surface area (Å²) < 4.78 is 73.9. The van der Waals surface area contributed by atoms with Crippen LogP contribution in [0.4, 0.5) is 13.2 Å². The molecule has 0 atom stereocenters. The van der Waals surface area contributed by atoms with Crippen LogP contribution in [0.1, 0.15) is 25.5 Å². The molecule has 0 spiro atoms. The Balaban J connectivity index is 1.49. The summed E-state index contributed by atoms with van der Waals surface area (Å²) in [7, 11) is -3.10. The van der Waals surface area contributed by atoms with Crippen molar-refractivity contribution >= 4 is 27.1 Å². The Bertz CT molecular complexity index is 1360. The zero-order valence-corrected chi connectivity index (χ0v) is 20.0. The molecule has 0 unspecified atom stereocenters. The SMILES string of the molecule is CC1([N+](=O)Cc2cn3cc(Oc4ncc(Cl)cc4OCC(F)(F)F)ccc3n2)CCS(=O)(=O)CC1. The minimum atomic E-state index is -4.55. The van der Waals surface area contributed by atoms with Crippen LogP contribution in [0.25, 0.3) is 5.65 Å². The molecule has 0 amide bonds. The molecule has 0 bridgehead atoms. The number of sulfone groups is 1. The fraction of sp³-hybridized carbons (Fsp3) is 0.429. The number of ether oxygens (including phenoxy) is 2. The van der Waals surface area contributed by atoms with Crippen LogP contribution in [-0.2, 0) is 16.4 Å². The maximum absolute atomic E-state index is 12.8. The third kappa shape index (κ3) is 6.20. The van der Waals surface area contributed by atoms with Crippen LogP contribution < -0.4 is 9.47 Å². The number of hydrogen-bond donors (Lipinski definition) is 0. The van der Waals surface area contributed by atoms with Crippen LogP contribution in [0.15, 0.2) is 36.8 Å². The number of alkyl halides is 3. The highest BCUT2D eigenvalue weighted by Crippen LogP contribution is 2.33. The molecule has 1 aliphatic rings. The van der Waals surface area contributed by atoms with E-state index in [4.69, 9.17) is 21.1 Å². The summed E-state index contributed by atoms with van der Waals surface area (Å²) in [4.78, 5) is 21.1. The fourth-order valence-electron chi connectivity index (χ4n) is 3.59. The third-order valence-electron chi connectivity index (χ3n) is 5.68. The van der Waals surface area contributed by atoms with Gasteiger partial charge in [0.2, 0.25) is 12.1 Å². The molecular weight excluding hydrogens is 513 g/mol. The molecular formula is C21H21ClF3N4O5S+. The van der Waals surface area contributed by atoms with Crippen molar-refractivity contribution in [3.63, 3.8) is 0 Å². The largest absolute Gasteiger partial charge is 0.478 e. The highest BCUT2D eigenvalue weighted by atomic mass is 35.5. The van der Waals surface area contributed by atoms with Gasteiger partial charge in [0.05, 0.1) is 22.7 Å². The minimum absolute atomic E-state index is 0.0263. The topological polar surface area (TPSA) is 103 Å². The number of pyridine rings is 2. The Labute approximate surface area is 203 Å². The van der Waals surface area contributed by atoms with Crippen molar-refractivity contribution in [3.05, 3.63) is 52.4 Å². The summed E-state index contributed by atoms with van der Waals surface area (Å²) in [6.45, 7) is 0.169. The van der Waals surface area contributed by atoms with Crippen LogP contribution in [-0.4, -0.2) is 57.4 Å². The van der Waals surface area contributed by atoms with Crippen molar-refractivity contribution in [1.82, 2.24) is 14.4 Å². The van der Waals surface area contributed by atoms with Crippen LogP contribution >= 0.6 is 11.6 Å². The molecule has 1 fully saturated rings. The third-order valence-corrected chi connectivity index (χ3v) is 7.53. The monoisotopic (exact) mass is 533 g/mol. The maximum Gasteiger partial charge on any atom is 0.422 e. The van der Waals surface area contributed by atoms with E-state index >= 15 is 0 Å². The average molecular weight is 534 g/mol. The predicted octanol–water partition coefficient (Wildman–Crippen LogP) is 4.36. The van der Waals surface area contributed by atoms with E-state index in [1.807, 2.05) is 0 Å². The lowest BCUT2D eigenvalue weighted by molar-refractivity contribution is -0.640. The maximum atomic E-state index is 12.8. The van der Waals surface area contributed by atoms with Gasteiger partial charge >= 0.3 is 6.18 Å². The second kappa shape index (κ2) is 9.26. The Kier molecular flexibility index (Phi) is 6.66. The molecule has 4 heterocycles. The minimum Gasteiger partial charge on any atom is -0.478 e. The molecule has 14 heteroatoms. The summed E-state index contributed by atoms with van der Waals surface area (Å²) in [5.74, 6) is -0.296. The Morgan fingerprint density at radius 1 is 1.23 bits per heavy atom. The van der Waals surface area contributed by atoms with Crippen molar-refractivity contribution in [2.45, 2.75) is 38.0 Å². The van der Waals surface area contributed by atoms with Gasteiger partial charge in [-0.1, -0.05) is 11.6 Å². The number of aromatic nitrogens is 3. The fourth-order valence-corrected chi connectivity index (χ4v) is 5.44. The van der Waals surface area contributed by atoms with Gasteiger partial charge in [-0.05, 0) is 12.1 Å². The van der Waals surface area contributed by atoms with E-state index in [1.165, 1.54) is 24.5 Å². The highest BCUT2D eigenvalue weighted by Gasteiger charge is 2.45. The second-order valence-corrected chi connectivity index (χ2v) is 11.3. The molecule has 3 aromatic rings. The van der Waals surface area contributed by atoms with Crippen LogP contribution in [0.2, 0.25) is 5.02 Å². The first-order valence-corrected chi connectivity index (χ1v) is 12.7. The van der Waals surface area contributed by atoms with Crippen LogP contribution in [0, 0.1) is 4.91 Å². The molecule has 1 aliphatic heterocycles. The zero-order chi connectivity index (χ0) is 25.4. The van der Waals surface area contributed by atoms with E-state index < -0.39 is 28.2 Å². The molecule has 4 rings (SSSR count). The van der Waals surface area contributed by atoms with Gasteiger partial charge in [-0.3, -0.25) is 0 Å². The Hall–Kier alpha value is -2.93. The van der Waals surface area contributed by atoms with Crippen molar-refractivity contribution in [1.29, 1.82) is 0 Å². The van der Waals surface area contributed by atoms with E-state index in [9.17, 15) is 26.5 Å². The first-order valence-electron chi connectivity index (χ1n) is 10.5. The molecule has 0 N–H and O–H groups in total. The number of nitrogens with zero attached hydrogens (tertiary/aromatic N) is 4. The van der Waals surface area contributed by atoms with Crippen LogP contribution in [0.5, 0.6) is 17.4 Å². The van der Waals surface area contributed by atoms with Gasteiger partial charge in [0.1, 0.15) is 17.1 Å².